The lowest BCUT2D eigenvalue weighted by molar-refractivity contribution is -0.127. The first-order valence-electron chi connectivity index (χ1n) is 12.0. The maximum absolute atomic E-state index is 12.5. The number of imidazole rings is 1. The van der Waals surface area contributed by atoms with Gasteiger partial charge in [0.1, 0.15) is 11.6 Å². The third-order valence-corrected chi connectivity index (χ3v) is 6.41. The summed E-state index contributed by atoms with van der Waals surface area (Å²) in [6.07, 6.45) is 4.74. The SMILES string of the molecule is CCCCN1C[C@@H](c2nc3ccccc3n2CCCCOc2ccc(C)cc2C)CC1=O. The van der Waals surface area contributed by atoms with Gasteiger partial charge in [-0.1, -0.05) is 43.2 Å². The summed E-state index contributed by atoms with van der Waals surface area (Å²) in [6, 6.07) is 14.6. The number of amides is 1. The second-order valence-corrected chi connectivity index (χ2v) is 9.03. The fourth-order valence-electron chi connectivity index (χ4n) is 4.67. The number of likely N-dealkylation sites (tertiary alicyclic amines) is 1. The van der Waals surface area contributed by atoms with Gasteiger partial charge in [-0.25, -0.2) is 4.98 Å². The number of aromatic nitrogens is 2. The molecule has 1 aliphatic rings. The molecule has 170 valence electrons. The summed E-state index contributed by atoms with van der Waals surface area (Å²) >= 11 is 0. The minimum atomic E-state index is 0.179. The predicted molar refractivity (Wildman–Crippen MR) is 129 cm³/mol. The van der Waals surface area contributed by atoms with Crippen LogP contribution in [0.25, 0.3) is 11.0 Å². The third kappa shape index (κ3) is 4.98. The van der Waals surface area contributed by atoms with Gasteiger partial charge in [0.05, 0.1) is 17.6 Å². The summed E-state index contributed by atoms with van der Waals surface area (Å²) in [7, 11) is 0. The van der Waals surface area contributed by atoms with Crippen LogP contribution >= 0.6 is 0 Å². The van der Waals surface area contributed by atoms with Crippen molar-refractivity contribution in [2.75, 3.05) is 19.7 Å². The van der Waals surface area contributed by atoms with Crippen LogP contribution in [0.4, 0.5) is 0 Å². The van der Waals surface area contributed by atoms with E-state index >= 15 is 0 Å². The largest absolute Gasteiger partial charge is 0.493 e. The number of ether oxygens (including phenoxy) is 1. The first kappa shape index (κ1) is 22.4. The average molecular weight is 434 g/mol. The standard InChI is InChI=1S/C27H35N3O2/c1-4-5-14-29-19-22(18-26(29)31)27-28-23-10-6-7-11-24(23)30(27)15-8-9-16-32-25-13-12-20(2)17-21(25)3/h6-7,10-13,17,22H,4-5,8-9,14-16,18-19H2,1-3H3/t22-/m0/s1. The third-order valence-electron chi connectivity index (χ3n) is 6.41. The van der Waals surface area contributed by atoms with Gasteiger partial charge in [0.15, 0.2) is 0 Å². The van der Waals surface area contributed by atoms with Crippen LogP contribution in [-0.4, -0.2) is 40.1 Å². The molecule has 1 saturated heterocycles. The number of benzene rings is 2. The van der Waals surface area contributed by atoms with Crippen LogP contribution in [0.2, 0.25) is 0 Å². The molecule has 4 rings (SSSR count). The molecular weight excluding hydrogens is 398 g/mol. The monoisotopic (exact) mass is 433 g/mol. The van der Waals surface area contributed by atoms with Gasteiger partial charge in [-0.3, -0.25) is 4.79 Å². The zero-order valence-electron chi connectivity index (χ0n) is 19.6. The molecule has 5 heteroatoms. The second kappa shape index (κ2) is 10.2. The number of hydrogen-bond donors (Lipinski definition) is 0. The van der Waals surface area contributed by atoms with Crippen LogP contribution in [0.3, 0.4) is 0 Å². The van der Waals surface area contributed by atoms with E-state index < -0.39 is 0 Å². The van der Waals surface area contributed by atoms with Gasteiger partial charge in [0, 0.05) is 32.0 Å². The van der Waals surface area contributed by atoms with Crippen molar-refractivity contribution in [1.82, 2.24) is 14.5 Å². The van der Waals surface area contributed by atoms with Crippen LogP contribution in [0.15, 0.2) is 42.5 Å². The summed E-state index contributed by atoms with van der Waals surface area (Å²) in [5.41, 5.74) is 4.63. The Morgan fingerprint density at radius 1 is 1.06 bits per heavy atom. The quantitative estimate of drug-likeness (QED) is 0.389. The molecule has 5 nitrogen and oxygen atoms in total. The fraction of sp³-hybridized carbons (Fsp3) is 0.481. The lowest BCUT2D eigenvalue weighted by Crippen LogP contribution is -2.26. The Labute approximate surface area is 191 Å². The van der Waals surface area contributed by atoms with E-state index in [1.807, 2.05) is 11.0 Å². The predicted octanol–water partition coefficient (Wildman–Crippen LogP) is 5.63. The van der Waals surface area contributed by atoms with Crippen molar-refractivity contribution in [1.29, 1.82) is 0 Å². The van der Waals surface area contributed by atoms with Crippen LogP contribution in [0.1, 0.15) is 61.9 Å². The van der Waals surface area contributed by atoms with Crippen molar-refractivity contribution >= 4 is 16.9 Å². The van der Waals surface area contributed by atoms with E-state index in [2.05, 4.69) is 61.7 Å². The number of unbranched alkanes of at least 4 members (excludes halogenated alkanes) is 2. The first-order valence-corrected chi connectivity index (χ1v) is 12.0. The molecule has 32 heavy (non-hydrogen) atoms. The average Bonchev–Trinajstić information content (AvgIpc) is 3.33. The highest BCUT2D eigenvalue weighted by atomic mass is 16.5. The van der Waals surface area contributed by atoms with Gasteiger partial charge < -0.3 is 14.2 Å². The summed E-state index contributed by atoms with van der Waals surface area (Å²) in [6.45, 7) is 9.62. The van der Waals surface area contributed by atoms with Crippen molar-refractivity contribution < 1.29 is 9.53 Å². The second-order valence-electron chi connectivity index (χ2n) is 9.03. The van der Waals surface area contributed by atoms with Gasteiger partial charge in [-0.2, -0.15) is 0 Å². The van der Waals surface area contributed by atoms with Crippen molar-refractivity contribution in [3.8, 4) is 5.75 Å². The Morgan fingerprint density at radius 2 is 1.91 bits per heavy atom. The van der Waals surface area contributed by atoms with Crippen LogP contribution in [0, 0.1) is 13.8 Å². The van der Waals surface area contributed by atoms with Crippen LogP contribution < -0.4 is 4.74 Å². The Hall–Kier alpha value is -2.82. The molecule has 1 amide bonds. The Kier molecular flexibility index (Phi) is 7.13. The van der Waals surface area contributed by atoms with Gasteiger partial charge >= 0.3 is 0 Å². The number of rotatable bonds is 10. The molecule has 1 fully saturated rings. The number of hydrogen-bond acceptors (Lipinski definition) is 3. The molecule has 0 radical (unpaired) electrons. The smallest absolute Gasteiger partial charge is 0.223 e. The number of nitrogens with zero attached hydrogens (tertiary/aromatic N) is 3. The highest BCUT2D eigenvalue weighted by Crippen LogP contribution is 2.31. The molecule has 1 aromatic heterocycles. The highest BCUT2D eigenvalue weighted by molar-refractivity contribution is 5.80. The van der Waals surface area contributed by atoms with Crippen molar-refractivity contribution in [2.24, 2.45) is 0 Å². The number of carbonyl (C=O) groups is 1. The minimum Gasteiger partial charge on any atom is -0.493 e. The number of aryl methyl sites for hydroxylation is 3. The molecule has 3 aromatic rings. The molecule has 2 aromatic carbocycles. The van der Waals surface area contributed by atoms with Crippen molar-refractivity contribution in [3.05, 3.63) is 59.4 Å². The molecule has 0 unspecified atom stereocenters. The highest BCUT2D eigenvalue weighted by Gasteiger charge is 2.33. The molecule has 1 atom stereocenters. The Bertz CT molecular complexity index is 1070. The summed E-state index contributed by atoms with van der Waals surface area (Å²) in [5.74, 6) is 2.48. The van der Waals surface area contributed by atoms with Gasteiger partial charge in [0.25, 0.3) is 0 Å². The van der Waals surface area contributed by atoms with Gasteiger partial charge in [-0.15, -0.1) is 0 Å². The molecule has 0 spiro atoms. The van der Waals surface area contributed by atoms with E-state index in [0.717, 1.165) is 67.9 Å². The lowest BCUT2D eigenvalue weighted by Gasteiger charge is -2.17. The summed E-state index contributed by atoms with van der Waals surface area (Å²) < 4.78 is 8.36. The summed E-state index contributed by atoms with van der Waals surface area (Å²) in [4.78, 5) is 19.5. The Morgan fingerprint density at radius 3 is 2.72 bits per heavy atom. The zero-order chi connectivity index (χ0) is 22.5. The molecule has 0 N–H and O–H groups in total. The number of carbonyl (C=O) groups excluding carboxylic acids is 1. The van der Waals surface area contributed by atoms with Crippen LogP contribution in [-0.2, 0) is 11.3 Å². The fourth-order valence-corrected chi connectivity index (χ4v) is 4.67. The number of para-hydroxylation sites is 2. The van der Waals surface area contributed by atoms with E-state index in [0.29, 0.717) is 13.0 Å². The van der Waals surface area contributed by atoms with Crippen molar-refractivity contribution in [2.45, 2.75) is 65.3 Å². The van der Waals surface area contributed by atoms with E-state index in [9.17, 15) is 4.79 Å². The topological polar surface area (TPSA) is 47.4 Å². The van der Waals surface area contributed by atoms with E-state index in [-0.39, 0.29) is 11.8 Å². The van der Waals surface area contributed by atoms with Crippen LogP contribution in [0.5, 0.6) is 5.75 Å². The maximum Gasteiger partial charge on any atom is 0.223 e. The van der Waals surface area contributed by atoms with Gasteiger partial charge in [-0.05, 0) is 56.9 Å². The van der Waals surface area contributed by atoms with E-state index in [1.54, 1.807) is 0 Å². The molecule has 1 aliphatic heterocycles. The van der Waals surface area contributed by atoms with Crippen molar-refractivity contribution in [3.63, 3.8) is 0 Å². The number of fused-ring (bicyclic) bond motifs is 1. The Balaban J connectivity index is 1.41. The molecular formula is C27H35N3O2. The normalized spacial score (nSPS) is 16.3. The molecule has 0 bridgehead atoms. The summed E-state index contributed by atoms with van der Waals surface area (Å²) in [5, 5.41) is 0. The minimum absolute atomic E-state index is 0.179. The zero-order valence-corrected chi connectivity index (χ0v) is 19.6. The van der Waals surface area contributed by atoms with E-state index in [1.165, 1.54) is 11.1 Å². The molecule has 0 saturated carbocycles. The van der Waals surface area contributed by atoms with E-state index in [4.69, 9.17) is 9.72 Å². The van der Waals surface area contributed by atoms with Gasteiger partial charge in [0.2, 0.25) is 5.91 Å². The molecule has 0 aliphatic carbocycles. The lowest BCUT2D eigenvalue weighted by atomic mass is 10.1. The first-order chi connectivity index (χ1) is 15.6. The molecule has 2 heterocycles. The maximum atomic E-state index is 12.5.